The summed E-state index contributed by atoms with van der Waals surface area (Å²) < 4.78 is 32.8. The number of hydrogen-bond donors (Lipinski definition) is 1. The van der Waals surface area contributed by atoms with E-state index in [9.17, 15) is 18.5 Å². The summed E-state index contributed by atoms with van der Waals surface area (Å²) in [5.41, 5.74) is 1.60. The van der Waals surface area contributed by atoms with E-state index in [4.69, 9.17) is 4.42 Å². The third-order valence-corrected chi connectivity index (χ3v) is 8.21. The molecular formula is C25H27N5O4S. The minimum absolute atomic E-state index is 0.0138. The summed E-state index contributed by atoms with van der Waals surface area (Å²) in [6.07, 6.45) is 0. The summed E-state index contributed by atoms with van der Waals surface area (Å²) in [5, 5.41) is 10.4. The minimum Gasteiger partial charge on any atom is -0.422 e. The van der Waals surface area contributed by atoms with Crippen molar-refractivity contribution in [2.24, 2.45) is 0 Å². The van der Waals surface area contributed by atoms with Gasteiger partial charge in [-0.25, -0.2) is 18.2 Å². The number of rotatable bonds is 8. The third kappa shape index (κ3) is 4.17. The van der Waals surface area contributed by atoms with Gasteiger partial charge in [-0.05, 0) is 44.2 Å². The number of H-pyrrole nitrogens is 1. The van der Waals surface area contributed by atoms with E-state index < -0.39 is 15.6 Å². The van der Waals surface area contributed by atoms with Gasteiger partial charge in [0, 0.05) is 43.3 Å². The summed E-state index contributed by atoms with van der Waals surface area (Å²) >= 11 is 0. The number of aromatic nitrogens is 2. The fourth-order valence-corrected chi connectivity index (χ4v) is 5.77. The van der Waals surface area contributed by atoms with Gasteiger partial charge in [-0.15, -0.1) is 0 Å². The van der Waals surface area contributed by atoms with Crippen molar-refractivity contribution in [2.45, 2.75) is 32.6 Å². The molecule has 0 atom stereocenters. The van der Waals surface area contributed by atoms with Crippen LogP contribution in [0.3, 0.4) is 0 Å². The Morgan fingerprint density at radius 3 is 2.37 bits per heavy atom. The fourth-order valence-electron chi connectivity index (χ4n) is 4.29. The highest BCUT2D eigenvalue weighted by Gasteiger charge is 2.24. The Morgan fingerprint density at radius 2 is 1.74 bits per heavy atom. The number of imidazole rings is 1. The minimum atomic E-state index is -3.66. The molecule has 0 aliphatic rings. The largest absolute Gasteiger partial charge is 0.422 e. The molecule has 0 bridgehead atoms. The molecule has 4 aromatic rings. The zero-order chi connectivity index (χ0) is 25.3. The van der Waals surface area contributed by atoms with Crippen LogP contribution in [0.25, 0.3) is 33.4 Å². The van der Waals surface area contributed by atoms with E-state index in [-0.39, 0.29) is 21.8 Å². The summed E-state index contributed by atoms with van der Waals surface area (Å²) in [7, 11) is -3.66. The molecule has 0 saturated heterocycles. The monoisotopic (exact) mass is 493 g/mol. The first kappa shape index (κ1) is 24.4. The zero-order valence-corrected chi connectivity index (χ0v) is 20.9. The zero-order valence-electron chi connectivity index (χ0n) is 20.1. The second-order valence-electron chi connectivity index (χ2n) is 7.96. The van der Waals surface area contributed by atoms with E-state index in [1.54, 1.807) is 32.0 Å². The average Bonchev–Trinajstić information content (AvgIpc) is 3.27. The lowest BCUT2D eigenvalue weighted by molar-refractivity contribution is 0.445. The molecule has 0 radical (unpaired) electrons. The lowest BCUT2D eigenvalue weighted by Crippen LogP contribution is -2.30. The number of aromatic amines is 1. The Bertz CT molecular complexity index is 1610. The Kier molecular flexibility index (Phi) is 6.65. The van der Waals surface area contributed by atoms with E-state index in [0.29, 0.717) is 35.1 Å². The van der Waals surface area contributed by atoms with Crippen LogP contribution < -0.4 is 10.5 Å². The number of anilines is 1. The average molecular weight is 494 g/mol. The quantitative estimate of drug-likeness (QED) is 0.367. The van der Waals surface area contributed by atoms with Gasteiger partial charge in [0.15, 0.2) is 0 Å². The highest BCUT2D eigenvalue weighted by molar-refractivity contribution is 7.89. The lowest BCUT2D eigenvalue weighted by Gasteiger charge is -2.21. The molecule has 0 aliphatic heterocycles. The topological polar surface area (TPSA) is 123 Å². The standard InChI is InChI=1S/C25H27N5O4S/c1-5-29(6-2)16-9-11-18-19(15-26)23(25(31)34-22(18)13-16)24-27-20-12-10-17(14-21(20)28-24)35(32,33)30(7-3)8-4/h9-14H,5-8H2,1-4H3,(H,27,28). The maximum absolute atomic E-state index is 13.0. The van der Waals surface area contributed by atoms with Crippen molar-refractivity contribution in [3.8, 4) is 17.5 Å². The van der Waals surface area contributed by atoms with Crippen molar-refractivity contribution in [1.29, 1.82) is 5.26 Å². The number of benzene rings is 2. The van der Waals surface area contributed by atoms with Crippen LogP contribution in [0, 0.1) is 11.3 Å². The number of nitrogens with one attached hydrogen (secondary N) is 1. The summed E-state index contributed by atoms with van der Waals surface area (Å²) in [6, 6.07) is 12.1. The fraction of sp³-hybridized carbons (Fsp3) is 0.320. The van der Waals surface area contributed by atoms with Gasteiger partial charge in [0.2, 0.25) is 10.0 Å². The van der Waals surface area contributed by atoms with Crippen molar-refractivity contribution < 1.29 is 12.8 Å². The van der Waals surface area contributed by atoms with Crippen LogP contribution in [-0.2, 0) is 10.0 Å². The number of fused-ring (bicyclic) bond motifs is 2. The predicted molar refractivity (Wildman–Crippen MR) is 136 cm³/mol. The van der Waals surface area contributed by atoms with Crippen molar-refractivity contribution in [1.82, 2.24) is 14.3 Å². The second kappa shape index (κ2) is 9.52. The first-order chi connectivity index (χ1) is 16.8. The van der Waals surface area contributed by atoms with E-state index in [1.165, 1.54) is 16.4 Å². The van der Waals surface area contributed by atoms with E-state index in [2.05, 4.69) is 20.9 Å². The summed E-state index contributed by atoms with van der Waals surface area (Å²) in [5.74, 6) is 0.150. The molecule has 9 nitrogen and oxygen atoms in total. The van der Waals surface area contributed by atoms with Gasteiger partial charge < -0.3 is 14.3 Å². The van der Waals surface area contributed by atoms with E-state index in [1.807, 2.05) is 19.9 Å². The molecule has 10 heteroatoms. The van der Waals surface area contributed by atoms with Crippen LogP contribution >= 0.6 is 0 Å². The molecule has 0 unspecified atom stereocenters. The second-order valence-corrected chi connectivity index (χ2v) is 9.90. The predicted octanol–water partition coefficient (Wildman–Crippen LogP) is 4.08. The van der Waals surface area contributed by atoms with Crippen LogP contribution in [0.2, 0.25) is 0 Å². The highest BCUT2D eigenvalue weighted by atomic mass is 32.2. The summed E-state index contributed by atoms with van der Waals surface area (Å²) in [6.45, 7) is 9.92. The van der Waals surface area contributed by atoms with Crippen molar-refractivity contribution in [2.75, 3.05) is 31.1 Å². The molecule has 2 aromatic heterocycles. The molecule has 0 aliphatic carbocycles. The first-order valence-corrected chi connectivity index (χ1v) is 13.0. The van der Waals surface area contributed by atoms with Gasteiger partial charge >= 0.3 is 5.63 Å². The van der Waals surface area contributed by atoms with Crippen LogP contribution in [0.4, 0.5) is 5.69 Å². The SMILES string of the molecule is CCN(CC)c1ccc2c(C#N)c(-c3nc4ccc(S(=O)(=O)N(CC)CC)cc4[nH]3)c(=O)oc2c1. The van der Waals surface area contributed by atoms with Crippen molar-refractivity contribution >= 4 is 37.7 Å². The Balaban J connectivity index is 1.87. The maximum atomic E-state index is 13.0. The maximum Gasteiger partial charge on any atom is 0.348 e. The van der Waals surface area contributed by atoms with Gasteiger partial charge in [-0.1, -0.05) is 13.8 Å². The van der Waals surface area contributed by atoms with Crippen LogP contribution in [-0.4, -0.2) is 48.9 Å². The first-order valence-electron chi connectivity index (χ1n) is 11.5. The molecule has 0 amide bonds. The molecule has 2 aromatic carbocycles. The molecule has 0 fully saturated rings. The molecule has 2 heterocycles. The van der Waals surface area contributed by atoms with E-state index in [0.717, 1.165) is 18.8 Å². The molecule has 4 rings (SSSR count). The van der Waals surface area contributed by atoms with Gasteiger partial charge in [0.25, 0.3) is 0 Å². The smallest absolute Gasteiger partial charge is 0.348 e. The number of sulfonamides is 1. The lowest BCUT2D eigenvalue weighted by atomic mass is 10.0. The molecule has 35 heavy (non-hydrogen) atoms. The van der Waals surface area contributed by atoms with Crippen LogP contribution in [0.1, 0.15) is 33.3 Å². The Labute approximate surface area is 203 Å². The van der Waals surface area contributed by atoms with Gasteiger partial charge in [-0.3, -0.25) is 0 Å². The molecule has 0 saturated carbocycles. The molecule has 1 N–H and O–H groups in total. The van der Waals surface area contributed by atoms with Gasteiger partial charge in [0.05, 0.1) is 21.5 Å². The molecular weight excluding hydrogens is 466 g/mol. The Hall–Kier alpha value is -3.68. The van der Waals surface area contributed by atoms with Crippen LogP contribution in [0.5, 0.6) is 0 Å². The van der Waals surface area contributed by atoms with Crippen molar-refractivity contribution in [3.05, 3.63) is 52.4 Å². The van der Waals surface area contributed by atoms with E-state index >= 15 is 0 Å². The van der Waals surface area contributed by atoms with Gasteiger partial charge in [-0.2, -0.15) is 9.57 Å². The molecule has 0 spiro atoms. The number of nitriles is 1. The highest BCUT2D eigenvalue weighted by Crippen LogP contribution is 2.30. The summed E-state index contributed by atoms with van der Waals surface area (Å²) in [4.78, 5) is 22.7. The third-order valence-electron chi connectivity index (χ3n) is 6.17. The normalized spacial score (nSPS) is 11.9. The number of nitrogens with zero attached hydrogens (tertiary/aromatic N) is 4. The van der Waals surface area contributed by atoms with Gasteiger partial charge in [0.1, 0.15) is 23.0 Å². The van der Waals surface area contributed by atoms with Crippen molar-refractivity contribution in [3.63, 3.8) is 0 Å². The molecule has 182 valence electrons. The Morgan fingerprint density at radius 1 is 1.03 bits per heavy atom. The number of hydrogen-bond acceptors (Lipinski definition) is 7. The van der Waals surface area contributed by atoms with Crippen LogP contribution in [0.15, 0.2) is 50.5 Å².